The van der Waals surface area contributed by atoms with E-state index in [1.54, 1.807) is 0 Å². The number of ketones is 1. The van der Waals surface area contributed by atoms with Crippen molar-refractivity contribution in [3.05, 3.63) is 11.6 Å². The van der Waals surface area contributed by atoms with Gasteiger partial charge in [0.05, 0.1) is 6.10 Å². The predicted octanol–water partition coefficient (Wildman–Crippen LogP) is 7.20. The third-order valence-corrected chi connectivity index (χ3v) is 13.4. The molecule has 0 aliphatic heterocycles. The minimum atomic E-state index is -0.174. The minimum Gasteiger partial charge on any atom is -0.393 e. The number of hydrogen-bond acceptors (Lipinski definition) is 2. The second-order valence-electron chi connectivity index (χ2n) is 14.5. The molecule has 0 radical (unpaired) electrons. The molecule has 0 amide bonds. The lowest BCUT2D eigenvalue weighted by atomic mass is 9.31. The summed E-state index contributed by atoms with van der Waals surface area (Å²) in [7, 11) is 0. The first kappa shape index (κ1) is 23.1. The van der Waals surface area contributed by atoms with Crippen LogP contribution in [-0.2, 0) is 4.79 Å². The second kappa shape index (κ2) is 6.73. The predicted molar refractivity (Wildman–Crippen MR) is 131 cm³/mol. The Bertz CT molecular complexity index is 855. The van der Waals surface area contributed by atoms with E-state index in [0.717, 1.165) is 25.7 Å². The van der Waals surface area contributed by atoms with Gasteiger partial charge in [-0.15, -0.1) is 0 Å². The van der Waals surface area contributed by atoms with Crippen molar-refractivity contribution in [2.24, 2.45) is 56.7 Å². The molecule has 0 aromatic rings. The third kappa shape index (κ3) is 2.55. The van der Waals surface area contributed by atoms with Crippen molar-refractivity contribution in [3.8, 4) is 0 Å². The summed E-state index contributed by atoms with van der Waals surface area (Å²) in [6, 6.07) is 0. The van der Waals surface area contributed by atoms with Crippen LogP contribution in [-0.4, -0.2) is 17.0 Å². The maximum atomic E-state index is 13.9. The van der Waals surface area contributed by atoms with E-state index in [1.165, 1.54) is 31.3 Å². The Morgan fingerprint density at radius 2 is 1.59 bits per heavy atom. The van der Waals surface area contributed by atoms with Crippen LogP contribution in [0.3, 0.4) is 0 Å². The van der Waals surface area contributed by atoms with E-state index in [0.29, 0.717) is 35.4 Å². The largest absolute Gasteiger partial charge is 0.393 e. The summed E-state index contributed by atoms with van der Waals surface area (Å²) in [4.78, 5) is 13.9. The van der Waals surface area contributed by atoms with Gasteiger partial charge in [-0.05, 0) is 103 Å². The summed E-state index contributed by atoms with van der Waals surface area (Å²) in [6.45, 7) is 19.4. The quantitative estimate of drug-likeness (QED) is 0.404. The number of carbonyl (C=O) groups is 1. The van der Waals surface area contributed by atoms with Crippen LogP contribution in [0.2, 0.25) is 0 Å². The average molecular weight is 441 g/mol. The highest BCUT2D eigenvalue weighted by molar-refractivity contribution is 5.87. The maximum Gasteiger partial charge on any atom is 0.139 e. The van der Waals surface area contributed by atoms with Gasteiger partial charge < -0.3 is 5.11 Å². The molecule has 2 nitrogen and oxygen atoms in total. The molecule has 1 N–H and O–H groups in total. The van der Waals surface area contributed by atoms with Crippen LogP contribution < -0.4 is 0 Å². The van der Waals surface area contributed by atoms with Gasteiger partial charge in [-0.2, -0.15) is 0 Å². The van der Waals surface area contributed by atoms with Crippen molar-refractivity contribution in [1.29, 1.82) is 0 Å². The molecule has 2 heteroatoms. The summed E-state index contributed by atoms with van der Waals surface area (Å²) < 4.78 is 0. The zero-order valence-electron chi connectivity index (χ0n) is 22.1. The molecule has 180 valence electrons. The summed E-state index contributed by atoms with van der Waals surface area (Å²) in [5.74, 6) is 3.44. The number of allylic oxidation sites excluding steroid dienone is 2. The smallest absolute Gasteiger partial charge is 0.139 e. The van der Waals surface area contributed by atoms with Gasteiger partial charge >= 0.3 is 0 Å². The van der Waals surface area contributed by atoms with Crippen LogP contribution >= 0.6 is 0 Å². The maximum absolute atomic E-state index is 13.9. The Morgan fingerprint density at radius 3 is 2.28 bits per heavy atom. The molecule has 0 unspecified atom stereocenters. The van der Waals surface area contributed by atoms with Gasteiger partial charge in [-0.25, -0.2) is 0 Å². The Morgan fingerprint density at radius 1 is 0.906 bits per heavy atom. The lowest BCUT2D eigenvalue weighted by molar-refractivity contribution is -0.245. The van der Waals surface area contributed by atoms with Gasteiger partial charge in [0.25, 0.3) is 0 Å². The van der Waals surface area contributed by atoms with Gasteiger partial charge in [-0.1, -0.05) is 60.1 Å². The van der Waals surface area contributed by atoms with Gasteiger partial charge in [0.1, 0.15) is 5.78 Å². The van der Waals surface area contributed by atoms with Crippen molar-refractivity contribution in [3.63, 3.8) is 0 Å². The Hall–Kier alpha value is -0.630. The molecule has 10 atom stereocenters. The zero-order chi connectivity index (χ0) is 23.5. The van der Waals surface area contributed by atoms with Crippen LogP contribution in [0.5, 0.6) is 0 Å². The summed E-state index contributed by atoms with van der Waals surface area (Å²) in [6.07, 6.45) is 11.0. The first-order valence-corrected chi connectivity index (χ1v) is 13.6. The topological polar surface area (TPSA) is 37.3 Å². The molecular formula is C30H48O2. The highest BCUT2D eigenvalue weighted by Gasteiger charge is 2.71. The molecule has 0 bridgehead atoms. The molecule has 4 fully saturated rings. The fourth-order valence-electron chi connectivity index (χ4n) is 11.0. The number of hydrogen-bond donors (Lipinski definition) is 1. The fourth-order valence-corrected chi connectivity index (χ4v) is 11.0. The van der Waals surface area contributed by atoms with Crippen LogP contribution in [0, 0.1) is 56.7 Å². The number of Topliss-reactive ketones (excluding diaryl/α,β-unsaturated/α-hetero) is 1. The molecule has 5 aliphatic carbocycles. The lowest BCUT2D eigenvalue weighted by Crippen LogP contribution is -2.68. The number of aliphatic hydroxyl groups is 1. The highest BCUT2D eigenvalue weighted by atomic mass is 16.3. The molecule has 5 aliphatic rings. The van der Waals surface area contributed by atoms with E-state index in [-0.39, 0.29) is 33.2 Å². The van der Waals surface area contributed by atoms with Crippen LogP contribution in [0.4, 0.5) is 0 Å². The van der Waals surface area contributed by atoms with E-state index in [2.05, 4.69) is 61.5 Å². The van der Waals surface area contributed by atoms with E-state index >= 15 is 0 Å². The van der Waals surface area contributed by atoms with Crippen molar-refractivity contribution in [1.82, 2.24) is 0 Å². The number of fused-ring (bicyclic) bond motifs is 7. The Labute approximate surface area is 197 Å². The minimum absolute atomic E-state index is 0.00711. The summed E-state index contributed by atoms with van der Waals surface area (Å²) >= 11 is 0. The molecule has 5 rings (SSSR count). The zero-order valence-corrected chi connectivity index (χ0v) is 22.1. The molecule has 0 spiro atoms. The fraction of sp³-hybridized carbons (Fsp3) is 0.900. The van der Waals surface area contributed by atoms with Gasteiger partial charge in [0.2, 0.25) is 0 Å². The van der Waals surface area contributed by atoms with Gasteiger partial charge in [-0.3, -0.25) is 4.79 Å². The summed E-state index contributed by atoms with van der Waals surface area (Å²) in [5.41, 5.74) is 1.93. The van der Waals surface area contributed by atoms with Gasteiger partial charge in [0, 0.05) is 11.8 Å². The highest BCUT2D eigenvalue weighted by Crippen LogP contribution is 2.76. The molecule has 32 heavy (non-hydrogen) atoms. The monoisotopic (exact) mass is 440 g/mol. The van der Waals surface area contributed by atoms with Crippen molar-refractivity contribution >= 4 is 5.78 Å². The average Bonchev–Trinajstić information content (AvgIpc) is 2.70. The third-order valence-electron chi connectivity index (χ3n) is 13.4. The van der Waals surface area contributed by atoms with Crippen molar-refractivity contribution in [2.45, 2.75) is 113 Å². The lowest BCUT2D eigenvalue weighted by Gasteiger charge is -2.73. The molecule has 0 heterocycles. The van der Waals surface area contributed by atoms with Crippen LogP contribution in [0.15, 0.2) is 11.6 Å². The molecule has 0 aromatic carbocycles. The number of aliphatic hydroxyl groups excluding tert-OH is 1. The standard InChI is InChI=1S/C30H48O2/c1-18-11-14-28(6)24(32)17-30(8)20(25(28)19(18)2)9-10-22-27(5)15-13-23(31)26(3,4)21(27)12-16-29(22,30)7/h11,19-23,25,31H,9-10,12-17H2,1-8H3/t19-,20-,21+,22-,23+,25-,27+,28-,29-,30-/m1/s1. The first-order valence-electron chi connectivity index (χ1n) is 13.6. The van der Waals surface area contributed by atoms with E-state index in [1.807, 2.05) is 0 Å². The normalized spacial score (nSPS) is 56.9. The van der Waals surface area contributed by atoms with E-state index in [9.17, 15) is 9.90 Å². The van der Waals surface area contributed by atoms with Crippen molar-refractivity contribution in [2.75, 3.05) is 0 Å². The Kier molecular flexibility index (Phi) is 4.87. The molecular weight excluding hydrogens is 392 g/mol. The SMILES string of the molecule is CC1=CC[C@]2(C)C(=O)C[C@]3(C)[C@H](CC[C@@H]4[C@@]5(C)CC[C@H](O)C(C)(C)[C@@H]5CC[C@]43C)[C@H]2[C@@H]1C. The Balaban J connectivity index is 1.58. The van der Waals surface area contributed by atoms with Crippen LogP contribution in [0.1, 0.15) is 107 Å². The van der Waals surface area contributed by atoms with Gasteiger partial charge in [0.15, 0.2) is 0 Å². The molecule has 0 aromatic heterocycles. The number of carbonyl (C=O) groups excluding carboxylic acids is 1. The van der Waals surface area contributed by atoms with E-state index in [4.69, 9.17) is 0 Å². The first-order chi connectivity index (χ1) is 14.7. The van der Waals surface area contributed by atoms with E-state index < -0.39 is 0 Å². The molecule has 4 saturated carbocycles. The summed E-state index contributed by atoms with van der Waals surface area (Å²) in [5, 5.41) is 10.9. The molecule has 0 saturated heterocycles. The van der Waals surface area contributed by atoms with Crippen molar-refractivity contribution < 1.29 is 9.90 Å². The second-order valence-corrected chi connectivity index (χ2v) is 14.5. The van der Waals surface area contributed by atoms with Crippen LogP contribution in [0.25, 0.3) is 0 Å². The number of rotatable bonds is 0.